The molecule has 0 aliphatic heterocycles. The van der Waals surface area contributed by atoms with Crippen LogP contribution in [0.4, 0.5) is 13.2 Å². The van der Waals surface area contributed by atoms with Gasteiger partial charge in [0.15, 0.2) is 5.65 Å². The lowest BCUT2D eigenvalue weighted by Crippen LogP contribution is -2.23. The molecule has 0 unspecified atom stereocenters. The summed E-state index contributed by atoms with van der Waals surface area (Å²) in [6.45, 7) is 1.43. The molecule has 174 valence electrons. The van der Waals surface area contributed by atoms with Gasteiger partial charge in [0.1, 0.15) is 12.1 Å². The topological polar surface area (TPSA) is 86.1 Å². The van der Waals surface area contributed by atoms with Gasteiger partial charge in [-0.1, -0.05) is 18.2 Å². The summed E-state index contributed by atoms with van der Waals surface area (Å²) in [4.78, 5) is 32.3. The van der Waals surface area contributed by atoms with E-state index in [-0.39, 0.29) is 18.2 Å². The second kappa shape index (κ2) is 9.34. The molecule has 7 nitrogen and oxygen atoms in total. The molecule has 4 rings (SSSR count). The van der Waals surface area contributed by atoms with Gasteiger partial charge >= 0.3 is 6.18 Å². The number of nitrogens with one attached hydrogen (secondary N) is 1. The molecule has 0 radical (unpaired) electrons. The van der Waals surface area contributed by atoms with E-state index in [9.17, 15) is 22.8 Å². The SMILES string of the molecule is CC(=O)n1ccc2c(OC3=CC=C(NC(=O)Cc4ccc(C(F)(F)F)cc4)C=CC3)ncnc21. The number of nitrogens with zero attached hydrogens (tertiary/aromatic N) is 3. The van der Waals surface area contributed by atoms with Gasteiger partial charge in [-0.25, -0.2) is 9.97 Å². The first kappa shape index (κ1) is 23.0. The molecule has 1 aliphatic rings. The van der Waals surface area contributed by atoms with Crippen molar-refractivity contribution >= 4 is 22.8 Å². The summed E-state index contributed by atoms with van der Waals surface area (Å²) in [5, 5.41) is 3.31. The molecule has 0 saturated carbocycles. The average Bonchev–Trinajstić information content (AvgIpc) is 3.11. The summed E-state index contributed by atoms with van der Waals surface area (Å²) in [6.07, 6.45) is 5.69. The van der Waals surface area contributed by atoms with Crippen LogP contribution in [0.3, 0.4) is 0 Å². The number of hydrogen-bond acceptors (Lipinski definition) is 5. The van der Waals surface area contributed by atoms with Gasteiger partial charge in [-0.2, -0.15) is 13.2 Å². The van der Waals surface area contributed by atoms with Crippen LogP contribution in [0.25, 0.3) is 11.0 Å². The highest BCUT2D eigenvalue weighted by atomic mass is 19.4. The first-order valence-corrected chi connectivity index (χ1v) is 10.2. The molecule has 2 aromatic heterocycles. The number of amides is 1. The van der Waals surface area contributed by atoms with Gasteiger partial charge in [-0.3, -0.25) is 14.2 Å². The lowest BCUT2D eigenvalue weighted by atomic mass is 10.1. The van der Waals surface area contributed by atoms with Crippen LogP contribution in [-0.2, 0) is 17.4 Å². The van der Waals surface area contributed by atoms with E-state index in [2.05, 4.69) is 15.3 Å². The van der Waals surface area contributed by atoms with E-state index in [1.54, 1.807) is 36.6 Å². The van der Waals surface area contributed by atoms with Gasteiger partial charge in [0, 0.05) is 25.2 Å². The maximum absolute atomic E-state index is 12.7. The quantitative estimate of drug-likeness (QED) is 0.593. The minimum Gasteiger partial charge on any atom is -0.442 e. The summed E-state index contributed by atoms with van der Waals surface area (Å²) >= 11 is 0. The standard InChI is InChI=1S/C24H19F3N4O3/c1-15(32)31-12-11-20-22(31)28-14-29-23(20)34-19-4-2-3-18(9-10-19)30-21(33)13-16-5-7-17(8-6-16)24(25,26)27/h2-3,5-12,14H,4,13H2,1H3,(H,30,33). The first-order chi connectivity index (χ1) is 16.2. The highest BCUT2D eigenvalue weighted by molar-refractivity contribution is 5.91. The van der Waals surface area contributed by atoms with Gasteiger partial charge in [-0.15, -0.1) is 0 Å². The Bertz CT molecular complexity index is 1340. The van der Waals surface area contributed by atoms with Gasteiger partial charge in [0.2, 0.25) is 17.7 Å². The average molecular weight is 468 g/mol. The number of carbonyl (C=O) groups excluding carboxylic acids is 2. The number of aromatic nitrogens is 3. The molecular formula is C24H19F3N4O3. The van der Waals surface area contributed by atoms with E-state index >= 15 is 0 Å². The van der Waals surface area contributed by atoms with Crippen LogP contribution >= 0.6 is 0 Å². The molecule has 1 amide bonds. The normalized spacial score (nSPS) is 13.8. The van der Waals surface area contributed by atoms with Crippen LogP contribution in [-0.4, -0.2) is 26.3 Å². The molecule has 1 N–H and O–H groups in total. The number of hydrogen-bond donors (Lipinski definition) is 1. The second-order valence-corrected chi connectivity index (χ2v) is 7.50. The van der Waals surface area contributed by atoms with Crippen LogP contribution < -0.4 is 10.1 Å². The smallest absolute Gasteiger partial charge is 0.416 e. The molecule has 0 spiro atoms. The predicted octanol–water partition coefficient (Wildman–Crippen LogP) is 4.58. The van der Waals surface area contributed by atoms with E-state index < -0.39 is 11.7 Å². The van der Waals surface area contributed by atoms with Crippen LogP contribution in [0.2, 0.25) is 0 Å². The molecule has 10 heteroatoms. The molecule has 0 saturated heterocycles. The summed E-state index contributed by atoms with van der Waals surface area (Å²) < 4.78 is 45.3. The Kier molecular flexibility index (Phi) is 6.31. The van der Waals surface area contributed by atoms with Crippen molar-refractivity contribution in [1.29, 1.82) is 0 Å². The van der Waals surface area contributed by atoms with E-state index in [1.807, 2.05) is 0 Å². The Morgan fingerprint density at radius 2 is 1.88 bits per heavy atom. The van der Waals surface area contributed by atoms with Crippen molar-refractivity contribution in [2.75, 3.05) is 0 Å². The predicted molar refractivity (Wildman–Crippen MR) is 118 cm³/mol. The van der Waals surface area contributed by atoms with E-state index in [1.165, 1.54) is 30.0 Å². The second-order valence-electron chi connectivity index (χ2n) is 7.50. The molecule has 0 bridgehead atoms. The lowest BCUT2D eigenvalue weighted by molar-refractivity contribution is -0.137. The summed E-state index contributed by atoms with van der Waals surface area (Å²) in [5.41, 5.74) is 0.649. The minimum atomic E-state index is -4.42. The van der Waals surface area contributed by atoms with Gasteiger partial charge < -0.3 is 10.1 Å². The Labute approximate surface area is 192 Å². The van der Waals surface area contributed by atoms with Crippen molar-refractivity contribution in [3.63, 3.8) is 0 Å². The van der Waals surface area contributed by atoms with Crippen molar-refractivity contribution in [3.8, 4) is 5.88 Å². The zero-order valence-corrected chi connectivity index (χ0v) is 18.0. The van der Waals surface area contributed by atoms with E-state index in [0.717, 1.165) is 12.1 Å². The molecular weight excluding hydrogens is 449 g/mol. The minimum absolute atomic E-state index is 0.0670. The highest BCUT2D eigenvalue weighted by Crippen LogP contribution is 2.29. The van der Waals surface area contributed by atoms with E-state index in [0.29, 0.717) is 40.4 Å². The number of rotatable bonds is 5. The molecule has 1 aromatic carbocycles. The number of carbonyl (C=O) groups is 2. The largest absolute Gasteiger partial charge is 0.442 e. The molecule has 2 heterocycles. The molecule has 0 atom stereocenters. The third-order valence-electron chi connectivity index (χ3n) is 5.01. The van der Waals surface area contributed by atoms with Crippen molar-refractivity contribution in [2.24, 2.45) is 0 Å². The number of alkyl halides is 3. The van der Waals surface area contributed by atoms with Gasteiger partial charge in [-0.05, 0) is 42.0 Å². The number of halogens is 3. The fourth-order valence-corrected chi connectivity index (χ4v) is 3.36. The zero-order chi connectivity index (χ0) is 24.3. The van der Waals surface area contributed by atoms with E-state index in [4.69, 9.17) is 4.74 Å². The maximum Gasteiger partial charge on any atom is 0.416 e. The summed E-state index contributed by atoms with van der Waals surface area (Å²) in [7, 11) is 0. The van der Waals surface area contributed by atoms with Crippen LogP contribution in [0, 0.1) is 0 Å². The Balaban J connectivity index is 1.43. The van der Waals surface area contributed by atoms with Crippen LogP contribution in [0.15, 0.2) is 78.6 Å². The first-order valence-electron chi connectivity index (χ1n) is 10.2. The van der Waals surface area contributed by atoms with Crippen molar-refractivity contribution < 1.29 is 27.5 Å². The monoisotopic (exact) mass is 468 g/mol. The number of allylic oxidation sites excluding steroid dienone is 4. The van der Waals surface area contributed by atoms with Gasteiger partial charge in [0.25, 0.3) is 0 Å². The van der Waals surface area contributed by atoms with Gasteiger partial charge in [0.05, 0.1) is 17.4 Å². The van der Waals surface area contributed by atoms with Crippen molar-refractivity contribution in [3.05, 3.63) is 89.7 Å². The molecule has 0 fully saturated rings. The molecule has 3 aromatic rings. The highest BCUT2D eigenvalue weighted by Gasteiger charge is 2.30. The third-order valence-corrected chi connectivity index (χ3v) is 5.01. The fraction of sp³-hybridized carbons (Fsp3) is 0.167. The zero-order valence-electron chi connectivity index (χ0n) is 18.0. The maximum atomic E-state index is 12.7. The Morgan fingerprint density at radius 1 is 1.12 bits per heavy atom. The number of benzene rings is 1. The van der Waals surface area contributed by atoms with Crippen molar-refractivity contribution in [1.82, 2.24) is 19.9 Å². The summed E-state index contributed by atoms with van der Waals surface area (Å²) in [5.74, 6) is 0.305. The molecule has 1 aliphatic carbocycles. The van der Waals surface area contributed by atoms with Crippen molar-refractivity contribution in [2.45, 2.75) is 25.9 Å². The number of fused-ring (bicyclic) bond motifs is 1. The number of ether oxygens (including phenoxy) is 1. The van der Waals surface area contributed by atoms with Crippen LogP contribution in [0.1, 0.15) is 29.3 Å². The summed E-state index contributed by atoms with van der Waals surface area (Å²) in [6, 6.07) is 6.17. The lowest BCUT2D eigenvalue weighted by Gasteiger charge is -2.08. The molecule has 34 heavy (non-hydrogen) atoms. The van der Waals surface area contributed by atoms with Crippen LogP contribution in [0.5, 0.6) is 5.88 Å². The third kappa shape index (κ3) is 5.22. The Morgan fingerprint density at radius 3 is 2.59 bits per heavy atom. The fourth-order valence-electron chi connectivity index (χ4n) is 3.36. The Hall–Kier alpha value is -4.21.